The van der Waals surface area contributed by atoms with Crippen molar-refractivity contribution in [2.75, 3.05) is 6.61 Å². The van der Waals surface area contributed by atoms with Gasteiger partial charge in [0.05, 0.1) is 6.61 Å². The molecule has 1 aliphatic rings. The van der Waals surface area contributed by atoms with Gasteiger partial charge in [0.25, 0.3) is 0 Å². The molecule has 0 spiro atoms. The van der Waals surface area contributed by atoms with E-state index in [1.807, 2.05) is 0 Å². The van der Waals surface area contributed by atoms with Crippen LogP contribution in [0.3, 0.4) is 0 Å². The average molecular weight is 227 g/mol. The lowest BCUT2D eigenvalue weighted by Gasteiger charge is -2.39. The van der Waals surface area contributed by atoms with Crippen LogP contribution in [0, 0.1) is 11.3 Å². The molecule has 1 rings (SSSR count). The van der Waals surface area contributed by atoms with E-state index in [1.165, 1.54) is 32.1 Å². The van der Waals surface area contributed by atoms with Crippen LogP contribution in [0.4, 0.5) is 0 Å². The van der Waals surface area contributed by atoms with Gasteiger partial charge in [-0.15, -0.1) is 0 Å². The SMILES string of the molecule is CCC(C)(C)C1CCC(N[C@H](C)CO)CC1. The zero-order chi connectivity index (χ0) is 12.2. The Morgan fingerprint density at radius 1 is 1.25 bits per heavy atom. The summed E-state index contributed by atoms with van der Waals surface area (Å²) in [5.74, 6) is 0.889. The van der Waals surface area contributed by atoms with E-state index in [0.29, 0.717) is 11.5 Å². The van der Waals surface area contributed by atoms with Gasteiger partial charge < -0.3 is 10.4 Å². The van der Waals surface area contributed by atoms with Crippen LogP contribution in [0.2, 0.25) is 0 Å². The third kappa shape index (κ3) is 3.74. The number of nitrogens with one attached hydrogen (secondary N) is 1. The summed E-state index contributed by atoms with van der Waals surface area (Å²) in [6.45, 7) is 9.42. The first-order valence-electron chi connectivity index (χ1n) is 6.86. The van der Waals surface area contributed by atoms with Gasteiger partial charge in [-0.3, -0.25) is 0 Å². The van der Waals surface area contributed by atoms with Gasteiger partial charge in [-0.25, -0.2) is 0 Å². The van der Waals surface area contributed by atoms with Crippen molar-refractivity contribution >= 4 is 0 Å². The molecule has 0 aromatic carbocycles. The highest BCUT2D eigenvalue weighted by Gasteiger charge is 2.31. The molecule has 0 unspecified atom stereocenters. The fraction of sp³-hybridized carbons (Fsp3) is 1.00. The molecule has 2 nitrogen and oxygen atoms in total. The Hall–Kier alpha value is -0.0800. The third-order valence-corrected chi connectivity index (χ3v) is 4.54. The van der Waals surface area contributed by atoms with E-state index in [1.54, 1.807) is 0 Å². The predicted octanol–water partition coefficient (Wildman–Crippen LogP) is 2.95. The van der Waals surface area contributed by atoms with Crippen molar-refractivity contribution in [2.45, 2.75) is 71.9 Å². The molecule has 0 aromatic rings. The Morgan fingerprint density at radius 3 is 2.25 bits per heavy atom. The van der Waals surface area contributed by atoms with Crippen LogP contribution in [-0.4, -0.2) is 23.8 Å². The van der Waals surface area contributed by atoms with Gasteiger partial charge in [0.1, 0.15) is 0 Å². The Labute approximate surface area is 101 Å². The first kappa shape index (κ1) is 14.0. The van der Waals surface area contributed by atoms with Gasteiger partial charge in [0, 0.05) is 12.1 Å². The molecular formula is C14H29NO. The first-order chi connectivity index (χ1) is 7.49. The van der Waals surface area contributed by atoms with E-state index in [-0.39, 0.29) is 12.6 Å². The third-order valence-electron chi connectivity index (χ3n) is 4.54. The topological polar surface area (TPSA) is 32.3 Å². The number of aliphatic hydroxyl groups excluding tert-OH is 1. The van der Waals surface area contributed by atoms with Crippen molar-refractivity contribution < 1.29 is 5.11 Å². The van der Waals surface area contributed by atoms with E-state index in [4.69, 9.17) is 5.11 Å². The maximum absolute atomic E-state index is 9.02. The highest BCUT2D eigenvalue weighted by molar-refractivity contribution is 4.85. The summed E-state index contributed by atoms with van der Waals surface area (Å²) in [6, 6.07) is 0.881. The Balaban J connectivity index is 2.34. The molecular weight excluding hydrogens is 198 g/mol. The maximum Gasteiger partial charge on any atom is 0.0582 e. The van der Waals surface area contributed by atoms with E-state index in [0.717, 1.165) is 5.92 Å². The van der Waals surface area contributed by atoms with E-state index in [9.17, 15) is 0 Å². The molecule has 1 aliphatic carbocycles. The van der Waals surface area contributed by atoms with Gasteiger partial charge >= 0.3 is 0 Å². The monoisotopic (exact) mass is 227 g/mol. The van der Waals surface area contributed by atoms with Crippen LogP contribution in [0.1, 0.15) is 59.8 Å². The molecule has 1 saturated carbocycles. The summed E-state index contributed by atoms with van der Waals surface area (Å²) >= 11 is 0. The lowest BCUT2D eigenvalue weighted by molar-refractivity contribution is 0.129. The standard InChI is InChI=1S/C14H29NO/c1-5-14(3,4)12-6-8-13(9-7-12)15-11(2)10-16/h11-13,15-16H,5-10H2,1-4H3/t11-,12?,13?/m1/s1. The normalized spacial score (nSPS) is 29.1. The molecule has 2 N–H and O–H groups in total. The summed E-state index contributed by atoms with van der Waals surface area (Å²) in [6.07, 6.45) is 6.52. The molecule has 0 saturated heterocycles. The van der Waals surface area contributed by atoms with Crippen molar-refractivity contribution in [3.05, 3.63) is 0 Å². The van der Waals surface area contributed by atoms with Gasteiger partial charge in [-0.05, 0) is 43.9 Å². The zero-order valence-corrected chi connectivity index (χ0v) is 11.4. The second-order valence-corrected chi connectivity index (χ2v) is 6.14. The first-order valence-corrected chi connectivity index (χ1v) is 6.86. The molecule has 0 radical (unpaired) electrons. The number of rotatable bonds is 5. The minimum absolute atomic E-state index is 0.250. The van der Waals surface area contributed by atoms with Crippen molar-refractivity contribution in [1.82, 2.24) is 5.32 Å². The van der Waals surface area contributed by atoms with Crippen LogP contribution in [0.25, 0.3) is 0 Å². The van der Waals surface area contributed by atoms with E-state index < -0.39 is 0 Å². The smallest absolute Gasteiger partial charge is 0.0582 e. The molecule has 0 aromatic heterocycles. The van der Waals surface area contributed by atoms with Crippen LogP contribution in [0.5, 0.6) is 0 Å². The highest BCUT2D eigenvalue weighted by atomic mass is 16.3. The summed E-state index contributed by atoms with van der Waals surface area (Å²) in [4.78, 5) is 0. The summed E-state index contributed by atoms with van der Waals surface area (Å²) in [5, 5.41) is 12.5. The second kappa shape index (κ2) is 6.02. The quantitative estimate of drug-likeness (QED) is 0.757. The fourth-order valence-corrected chi connectivity index (χ4v) is 2.79. The summed E-state index contributed by atoms with van der Waals surface area (Å²) in [7, 11) is 0. The Bertz CT molecular complexity index is 195. The predicted molar refractivity (Wildman–Crippen MR) is 69.5 cm³/mol. The van der Waals surface area contributed by atoms with Gasteiger partial charge in [-0.2, -0.15) is 0 Å². The van der Waals surface area contributed by atoms with Crippen molar-refractivity contribution in [2.24, 2.45) is 11.3 Å². The fourth-order valence-electron chi connectivity index (χ4n) is 2.79. The maximum atomic E-state index is 9.02. The van der Waals surface area contributed by atoms with Crippen LogP contribution in [0.15, 0.2) is 0 Å². The number of hydrogen-bond donors (Lipinski definition) is 2. The molecule has 1 atom stereocenters. The Kier molecular flexibility index (Phi) is 5.26. The molecule has 0 aliphatic heterocycles. The van der Waals surface area contributed by atoms with Crippen LogP contribution in [-0.2, 0) is 0 Å². The summed E-state index contributed by atoms with van der Waals surface area (Å²) in [5.41, 5.74) is 0.508. The molecule has 2 heteroatoms. The molecule has 96 valence electrons. The van der Waals surface area contributed by atoms with Crippen molar-refractivity contribution in [3.8, 4) is 0 Å². The summed E-state index contributed by atoms with van der Waals surface area (Å²) < 4.78 is 0. The van der Waals surface area contributed by atoms with Crippen molar-refractivity contribution in [1.29, 1.82) is 0 Å². The minimum Gasteiger partial charge on any atom is -0.395 e. The highest BCUT2D eigenvalue weighted by Crippen LogP contribution is 2.40. The van der Waals surface area contributed by atoms with Crippen LogP contribution >= 0.6 is 0 Å². The average Bonchev–Trinajstić information content (AvgIpc) is 2.29. The zero-order valence-electron chi connectivity index (χ0n) is 11.4. The van der Waals surface area contributed by atoms with E-state index >= 15 is 0 Å². The van der Waals surface area contributed by atoms with Gasteiger partial charge in [-0.1, -0.05) is 27.2 Å². The largest absolute Gasteiger partial charge is 0.395 e. The molecule has 16 heavy (non-hydrogen) atoms. The molecule has 0 bridgehead atoms. The van der Waals surface area contributed by atoms with Gasteiger partial charge in [0.15, 0.2) is 0 Å². The van der Waals surface area contributed by atoms with E-state index in [2.05, 4.69) is 33.0 Å². The van der Waals surface area contributed by atoms with Gasteiger partial charge in [0.2, 0.25) is 0 Å². The lowest BCUT2D eigenvalue weighted by atomic mass is 9.69. The minimum atomic E-state index is 0.250. The molecule has 0 amide bonds. The molecule has 1 fully saturated rings. The van der Waals surface area contributed by atoms with Crippen LogP contribution < -0.4 is 5.32 Å². The lowest BCUT2D eigenvalue weighted by Crippen LogP contribution is -2.42. The number of aliphatic hydroxyl groups is 1. The number of hydrogen-bond acceptors (Lipinski definition) is 2. The Morgan fingerprint density at radius 2 is 1.81 bits per heavy atom. The second-order valence-electron chi connectivity index (χ2n) is 6.14. The molecule has 0 heterocycles. The van der Waals surface area contributed by atoms with Crippen molar-refractivity contribution in [3.63, 3.8) is 0 Å².